The van der Waals surface area contributed by atoms with Gasteiger partial charge in [-0.3, -0.25) is 24.0 Å². The number of phenolic OH excluding ortho intramolecular Hbond substituents is 1. The average molecular weight is 567 g/mol. The first-order valence-corrected chi connectivity index (χ1v) is 14.9. The van der Waals surface area contributed by atoms with E-state index in [0.29, 0.717) is 11.1 Å². The van der Waals surface area contributed by atoms with E-state index >= 15 is 0 Å². The van der Waals surface area contributed by atoms with E-state index in [4.69, 9.17) is 0 Å². The van der Waals surface area contributed by atoms with Gasteiger partial charge in [-0.05, 0) is 42.6 Å². The van der Waals surface area contributed by atoms with Crippen molar-refractivity contribution < 1.29 is 39.3 Å². The normalized spacial score (nSPS) is 40.2. The number of fused-ring (bicyclic) bond motifs is 3. The third-order valence-corrected chi connectivity index (χ3v) is 11.8. The number of rotatable bonds is 3. The fourth-order valence-electron chi connectivity index (χ4n) is 9.44. The van der Waals surface area contributed by atoms with E-state index in [2.05, 4.69) is 6.92 Å². The fraction of sp³-hybridized carbons (Fsp3) is 0.667. The van der Waals surface area contributed by atoms with Crippen molar-refractivity contribution in [1.29, 1.82) is 0 Å². The summed E-state index contributed by atoms with van der Waals surface area (Å²) in [6, 6.07) is 3.63. The minimum absolute atomic E-state index is 0.0140. The van der Waals surface area contributed by atoms with E-state index in [1.807, 2.05) is 6.07 Å². The molecule has 4 aliphatic carbocycles. The summed E-state index contributed by atoms with van der Waals surface area (Å²) in [5.74, 6) is -10.8. The zero-order valence-electron chi connectivity index (χ0n) is 25.0. The average Bonchev–Trinajstić information content (AvgIpc) is 2.89. The van der Waals surface area contributed by atoms with Gasteiger partial charge in [-0.1, -0.05) is 72.9 Å². The van der Waals surface area contributed by atoms with E-state index in [1.54, 1.807) is 33.8 Å². The lowest BCUT2D eigenvalue weighted by atomic mass is 9.37. The zero-order chi connectivity index (χ0) is 30.6. The molecular weight excluding hydrogens is 524 g/mol. The van der Waals surface area contributed by atoms with Crippen molar-refractivity contribution >= 4 is 28.9 Å². The smallest absolute Gasteiger partial charge is 0.191 e. The van der Waals surface area contributed by atoms with E-state index < -0.39 is 81.0 Å². The zero-order valence-corrected chi connectivity index (χ0v) is 25.0. The van der Waals surface area contributed by atoms with Gasteiger partial charge in [-0.2, -0.15) is 0 Å². The van der Waals surface area contributed by atoms with E-state index in [9.17, 15) is 39.3 Å². The molecule has 4 aliphatic rings. The lowest BCUT2D eigenvalue weighted by molar-refractivity contribution is -0.240. The van der Waals surface area contributed by atoms with Crippen molar-refractivity contribution in [1.82, 2.24) is 0 Å². The van der Waals surface area contributed by atoms with Gasteiger partial charge >= 0.3 is 0 Å². The number of benzene rings is 1. The molecule has 41 heavy (non-hydrogen) atoms. The van der Waals surface area contributed by atoms with Crippen LogP contribution in [0.15, 0.2) is 12.1 Å². The Morgan fingerprint density at radius 1 is 0.976 bits per heavy atom. The third-order valence-electron chi connectivity index (χ3n) is 11.8. The van der Waals surface area contributed by atoms with Crippen LogP contribution in [0, 0.1) is 34.5 Å². The molecule has 0 bridgehead atoms. The van der Waals surface area contributed by atoms with Gasteiger partial charge in [-0.25, -0.2) is 0 Å². The molecule has 0 aromatic heterocycles. The third kappa shape index (κ3) is 3.38. The van der Waals surface area contributed by atoms with Crippen LogP contribution in [0.4, 0.5) is 0 Å². The molecule has 3 N–H and O–H groups in total. The molecule has 222 valence electrons. The number of carbonyl (C=O) groups is 5. The summed E-state index contributed by atoms with van der Waals surface area (Å²) in [4.78, 5) is 69.0. The molecule has 0 spiro atoms. The van der Waals surface area contributed by atoms with Crippen LogP contribution in [0.5, 0.6) is 5.75 Å². The fourth-order valence-corrected chi connectivity index (χ4v) is 9.44. The molecule has 0 radical (unpaired) electrons. The highest BCUT2D eigenvalue weighted by molar-refractivity contribution is 6.33. The minimum atomic E-state index is -2.95. The SMILES string of the molecule is CC(=O)C1C(=O)C(C(C)C)[C@@]2(C)[C@H](O)[C@]3(C)C(C(=O)c4c(ccc(C5(C)CCCCC5)c4O)[C@H]3C)C(=O)[C@@]2(O)C1=O. The first-order valence-electron chi connectivity index (χ1n) is 14.9. The van der Waals surface area contributed by atoms with E-state index in [-0.39, 0.29) is 16.7 Å². The number of phenols is 1. The molecule has 1 aromatic rings. The van der Waals surface area contributed by atoms with Gasteiger partial charge in [0.05, 0.1) is 17.6 Å². The Morgan fingerprint density at radius 2 is 1.56 bits per heavy atom. The van der Waals surface area contributed by atoms with Crippen molar-refractivity contribution in [2.75, 3.05) is 0 Å². The van der Waals surface area contributed by atoms with Gasteiger partial charge in [0.15, 0.2) is 28.7 Å². The van der Waals surface area contributed by atoms with Crippen LogP contribution in [-0.4, -0.2) is 55.9 Å². The standard InChI is InChI=1S/C33H42O8/c1-15(2)22-25(36)20(17(4)34)27(38)33(41)28(39)23-26(37)21-18(16(3)31(23,6)29(40)32(22,33)7)11-12-19(24(21)35)30(5)13-9-8-10-14-30/h11-12,15-16,20,22-23,29,35,40-41H,8-10,13-14H2,1-7H3/t16-,20?,22?,23?,29-,31+,32+,33+/m1/s1. The first kappa shape index (κ1) is 29.8. The highest BCUT2D eigenvalue weighted by atomic mass is 16.3. The summed E-state index contributed by atoms with van der Waals surface area (Å²) < 4.78 is 0. The summed E-state index contributed by atoms with van der Waals surface area (Å²) in [7, 11) is 0. The molecule has 0 saturated heterocycles. The molecule has 8 nitrogen and oxygen atoms in total. The molecule has 3 saturated carbocycles. The molecule has 8 atom stereocenters. The lowest BCUT2D eigenvalue weighted by Gasteiger charge is -2.65. The summed E-state index contributed by atoms with van der Waals surface area (Å²) in [6.07, 6.45) is 3.10. The number of hydrogen-bond acceptors (Lipinski definition) is 8. The van der Waals surface area contributed by atoms with E-state index in [1.165, 1.54) is 6.92 Å². The Morgan fingerprint density at radius 3 is 2.10 bits per heavy atom. The lowest BCUT2D eigenvalue weighted by Crippen LogP contribution is -2.81. The van der Waals surface area contributed by atoms with E-state index in [0.717, 1.165) is 39.0 Å². The number of aliphatic hydroxyl groups is 2. The van der Waals surface area contributed by atoms with Crippen LogP contribution < -0.4 is 0 Å². The van der Waals surface area contributed by atoms with Crippen molar-refractivity contribution in [2.45, 2.75) is 104 Å². The number of aliphatic hydroxyl groups excluding tert-OH is 1. The van der Waals surface area contributed by atoms with Crippen LogP contribution in [0.2, 0.25) is 0 Å². The summed E-state index contributed by atoms with van der Waals surface area (Å²) >= 11 is 0. The van der Waals surface area contributed by atoms with Gasteiger partial charge in [0.2, 0.25) is 0 Å². The van der Waals surface area contributed by atoms with Crippen LogP contribution in [0.3, 0.4) is 0 Å². The second kappa shape index (κ2) is 9.14. The molecular formula is C33H42O8. The molecule has 0 aliphatic heterocycles. The van der Waals surface area contributed by atoms with Crippen LogP contribution in [0.1, 0.15) is 108 Å². The first-order chi connectivity index (χ1) is 18.9. The Kier molecular flexibility index (Phi) is 6.64. The van der Waals surface area contributed by atoms with Gasteiger partial charge in [0, 0.05) is 22.3 Å². The Labute approximate surface area is 240 Å². The maximum Gasteiger partial charge on any atom is 0.191 e. The summed E-state index contributed by atoms with van der Waals surface area (Å²) in [5, 5.41) is 36.1. The molecule has 8 heteroatoms. The highest BCUT2D eigenvalue weighted by Gasteiger charge is 2.80. The van der Waals surface area contributed by atoms with Crippen LogP contribution >= 0.6 is 0 Å². The molecule has 3 unspecified atom stereocenters. The number of carbonyl (C=O) groups excluding carboxylic acids is 5. The highest BCUT2D eigenvalue weighted by Crippen LogP contribution is 2.66. The minimum Gasteiger partial charge on any atom is -0.507 e. The monoisotopic (exact) mass is 566 g/mol. The second-order valence-corrected chi connectivity index (χ2v) is 14.2. The van der Waals surface area contributed by atoms with Gasteiger partial charge < -0.3 is 15.3 Å². The Balaban J connectivity index is 1.76. The second-order valence-electron chi connectivity index (χ2n) is 14.2. The van der Waals surface area contributed by atoms with Gasteiger partial charge in [-0.15, -0.1) is 0 Å². The summed E-state index contributed by atoms with van der Waals surface area (Å²) in [6.45, 7) is 11.2. The maximum absolute atomic E-state index is 14.5. The van der Waals surface area contributed by atoms with Crippen molar-refractivity contribution in [3.63, 3.8) is 0 Å². The number of aromatic hydroxyl groups is 1. The maximum atomic E-state index is 14.5. The number of Topliss-reactive ketones (excluding diaryl/α,β-unsaturated/α-hetero) is 5. The van der Waals surface area contributed by atoms with Gasteiger partial charge in [0.1, 0.15) is 17.5 Å². The van der Waals surface area contributed by atoms with Crippen LogP contribution in [-0.2, 0) is 24.6 Å². The predicted molar refractivity (Wildman–Crippen MR) is 149 cm³/mol. The van der Waals surface area contributed by atoms with Crippen molar-refractivity contribution in [3.05, 3.63) is 28.8 Å². The molecule has 5 rings (SSSR count). The molecule has 3 fully saturated rings. The number of hydrogen-bond donors (Lipinski definition) is 3. The number of ketones is 5. The topological polar surface area (TPSA) is 146 Å². The van der Waals surface area contributed by atoms with Crippen LogP contribution in [0.25, 0.3) is 0 Å². The quantitative estimate of drug-likeness (QED) is 0.468. The van der Waals surface area contributed by atoms with Crippen molar-refractivity contribution in [2.24, 2.45) is 34.5 Å². The molecule has 0 amide bonds. The summed E-state index contributed by atoms with van der Waals surface area (Å²) in [5.41, 5.74) is -5.72. The molecule has 1 aromatic carbocycles. The van der Waals surface area contributed by atoms with Crippen molar-refractivity contribution in [3.8, 4) is 5.75 Å². The Hall–Kier alpha value is -2.71. The van der Waals surface area contributed by atoms with Gasteiger partial charge in [0.25, 0.3) is 0 Å². The Bertz CT molecular complexity index is 1390. The predicted octanol–water partition coefficient (Wildman–Crippen LogP) is 3.85. The largest absolute Gasteiger partial charge is 0.507 e. The molecule has 0 heterocycles.